The van der Waals surface area contributed by atoms with Gasteiger partial charge >= 0.3 is 9.28 Å². The van der Waals surface area contributed by atoms with Gasteiger partial charge in [0.05, 0.1) is 6.61 Å². The summed E-state index contributed by atoms with van der Waals surface area (Å²) in [6.45, 7) is 4.76. The van der Waals surface area contributed by atoms with E-state index in [0.717, 1.165) is 35.8 Å². The Morgan fingerprint density at radius 2 is 2.05 bits per heavy atom. The fraction of sp³-hybridized carbons (Fsp3) is 0.600. The summed E-state index contributed by atoms with van der Waals surface area (Å²) in [4.78, 5) is 0. The van der Waals surface area contributed by atoms with Crippen molar-refractivity contribution in [2.24, 2.45) is 0 Å². The molecule has 0 saturated heterocycles. The molecule has 1 unspecified atom stereocenters. The smallest absolute Gasteiger partial charge is 0.423 e. The topological polar surface area (TPSA) is 36.9 Å². The molecule has 0 aromatic heterocycles. The molecule has 0 fully saturated rings. The van der Waals surface area contributed by atoms with Crippen LogP contribution in [0.15, 0.2) is 18.2 Å². The molecule has 1 aliphatic heterocycles. The molecular formula is C15H23O4Si. The molecule has 4 nitrogen and oxygen atoms in total. The van der Waals surface area contributed by atoms with Gasteiger partial charge < -0.3 is 18.3 Å². The molecule has 0 saturated carbocycles. The molecule has 5 heteroatoms. The monoisotopic (exact) mass is 295 g/mol. The van der Waals surface area contributed by atoms with Crippen LogP contribution in [-0.4, -0.2) is 29.3 Å². The fourth-order valence-electron chi connectivity index (χ4n) is 2.35. The fourth-order valence-corrected chi connectivity index (χ4v) is 3.50. The van der Waals surface area contributed by atoms with E-state index in [1.54, 1.807) is 14.2 Å². The van der Waals surface area contributed by atoms with Crippen LogP contribution in [0.5, 0.6) is 5.75 Å². The molecule has 0 amide bonds. The predicted octanol–water partition coefficient (Wildman–Crippen LogP) is 2.49. The highest BCUT2D eigenvalue weighted by Crippen LogP contribution is 2.33. The predicted molar refractivity (Wildman–Crippen MR) is 79.2 cm³/mol. The Balaban J connectivity index is 2.15. The lowest BCUT2D eigenvalue weighted by Gasteiger charge is -2.36. The van der Waals surface area contributed by atoms with E-state index in [1.165, 1.54) is 0 Å². The van der Waals surface area contributed by atoms with Gasteiger partial charge in [0.15, 0.2) is 0 Å². The summed E-state index contributed by atoms with van der Waals surface area (Å²) in [6, 6.07) is 6.09. The highest BCUT2D eigenvalue weighted by atomic mass is 28.3. The molecule has 0 spiro atoms. The Kier molecular flexibility index (Phi) is 5.21. The summed E-state index contributed by atoms with van der Waals surface area (Å²) in [6.07, 6.45) is 3.15. The van der Waals surface area contributed by atoms with Crippen molar-refractivity contribution in [3.63, 3.8) is 0 Å². The Morgan fingerprint density at radius 1 is 1.30 bits per heavy atom. The van der Waals surface area contributed by atoms with E-state index in [9.17, 15) is 0 Å². The molecule has 1 heterocycles. The summed E-state index contributed by atoms with van der Waals surface area (Å²) < 4.78 is 22.7. The zero-order valence-corrected chi connectivity index (χ0v) is 13.7. The standard InChI is InChI=1S/C15H23O4Si/c1-5-6-9-15(2)18-11-12-10-13(20(16-3)17-4)7-8-14(12)19-15/h7-8,10H,5-6,9,11H2,1-4H3. The first-order chi connectivity index (χ1) is 9.61. The van der Waals surface area contributed by atoms with E-state index >= 15 is 0 Å². The lowest BCUT2D eigenvalue weighted by Crippen LogP contribution is -2.40. The maximum atomic E-state index is 6.03. The minimum Gasteiger partial charge on any atom is -0.462 e. The van der Waals surface area contributed by atoms with Gasteiger partial charge in [-0.15, -0.1) is 0 Å². The number of hydrogen-bond donors (Lipinski definition) is 0. The number of rotatable bonds is 6. The number of ether oxygens (including phenoxy) is 2. The van der Waals surface area contributed by atoms with E-state index in [0.29, 0.717) is 6.61 Å². The normalized spacial score (nSPS) is 21.6. The van der Waals surface area contributed by atoms with E-state index in [4.69, 9.17) is 18.3 Å². The molecule has 0 aliphatic carbocycles. The van der Waals surface area contributed by atoms with Crippen molar-refractivity contribution in [2.75, 3.05) is 14.2 Å². The molecule has 0 bridgehead atoms. The average molecular weight is 295 g/mol. The third-order valence-corrected chi connectivity index (χ3v) is 5.03. The first kappa shape index (κ1) is 15.5. The highest BCUT2D eigenvalue weighted by molar-refractivity contribution is 6.61. The zero-order chi connectivity index (χ0) is 14.6. The minimum atomic E-state index is -1.39. The molecular weight excluding hydrogens is 272 g/mol. The van der Waals surface area contributed by atoms with Crippen LogP contribution in [0.1, 0.15) is 38.7 Å². The second-order valence-electron chi connectivity index (χ2n) is 5.15. The summed E-state index contributed by atoms with van der Waals surface area (Å²) in [5.74, 6) is 0.410. The molecule has 20 heavy (non-hydrogen) atoms. The van der Waals surface area contributed by atoms with E-state index in [-0.39, 0.29) is 0 Å². The first-order valence-corrected chi connectivity index (χ1v) is 8.34. The third kappa shape index (κ3) is 3.41. The van der Waals surface area contributed by atoms with Crippen molar-refractivity contribution in [2.45, 2.75) is 45.5 Å². The summed E-state index contributed by atoms with van der Waals surface area (Å²) in [5.41, 5.74) is 1.06. The molecule has 0 N–H and O–H groups in total. The molecule has 1 aromatic carbocycles. The van der Waals surface area contributed by atoms with Crippen LogP contribution in [0.3, 0.4) is 0 Å². The van der Waals surface area contributed by atoms with Crippen molar-refractivity contribution in [3.8, 4) is 5.75 Å². The second kappa shape index (κ2) is 6.71. The summed E-state index contributed by atoms with van der Waals surface area (Å²) in [5, 5.41) is 1.07. The van der Waals surface area contributed by atoms with Gasteiger partial charge in [0.1, 0.15) is 5.75 Å². The maximum absolute atomic E-state index is 6.03. The average Bonchev–Trinajstić information content (AvgIpc) is 2.47. The van der Waals surface area contributed by atoms with Crippen molar-refractivity contribution in [1.29, 1.82) is 0 Å². The van der Waals surface area contributed by atoms with Crippen LogP contribution in [0.2, 0.25) is 0 Å². The highest BCUT2D eigenvalue weighted by Gasteiger charge is 2.32. The van der Waals surface area contributed by atoms with Gasteiger partial charge in [0.2, 0.25) is 5.79 Å². The van der Waals surface area contributed by atoms with Gasteiger partial charge in [0, 0.05) is 33.1 Å². The zero-order valence-electron chi connectivity index (χ0n) is 12.7. The van der Waals surface area contributed by atoms with E-state index in [2.05, 4.69) is 13.0 Å². The Hall–Kier alpha value is -0.883. The lowest BCUT2D eigenvalue weighted by atomic mass is 10.1. The van der Waals surface area contributed by atoms with Crippen LogP contribution < -0.4 is 9.92 Å². The van der Waals surface area contributed by atoms with E-state index < -0.39 is 15.1 Å². The second-order valence-corrected chi connectivity index (χ2v) is 7.12. The Labute approximate surface area is 122 Å². The molecule has 1 aliphatic rings. The Bertz CT molecular complexity index is 447. The SMILES string of the molecule is CCCCC1(C)OCc2cc([Si](OC)OC)ccc2O1. The molecule has 1 radical (unpaired) electrons. The molecule has 1 aromatic rings. The summed E-state index contributed by atoms with van der Waals surface area (Å²) >= 11 is 0. The van der Waals surface area contributed by atoms with Crippen LogP contribution in [0, 0.1) is 0 Å². The number of hydrogen-bond acceptors (Lipinski definition) is 4. The van der Waals surface area contributed by atoms with Crippen molar-refractivity contribution >= 4 is 14.5 Å². The number of fused-ring (bicyclic) bond motifs is 1. The third-order valence-electron chi connectivity index (χ3n) is 3.51. The summed E-state index contributed by atoms with van der Waals surface area (Å²) in [7, 11) is 1.96. The van der Waals surface area contributed by atoms with Gasteiger partial charge in [-0.3, -0.25) is 0 Å². The Morgan fingerprint density at radius 3 is 2.70 bits per heavy atom. The van der Waals surface area contributed by atoms with Crippen LogP contribution >= 0.6 is 0 Å². The molecule has 2 rings (SSSR count). The van der Waals surface area contributed by atoms with Gasteiger partial charge in [-0.2, -0.15) is 0 Å². The van der Waals surface area contributed by atoms with Gasteiger partial charge in [-0.25, -0.2) is 0 Å². The first-order valence-electron chi connectivity index (χ1n) is 7.03. The van der Waals surface area contributed by atoms with E-state index in [1.807, 2.05) is 19.1 Å². The molecule has 1 atom stereocenters. The van der Waals surface area contributed by atoms with Crippen LogP contribution in [0.25, 0.3) is 0 Å². The van der Waals surface area contributed by atoms with Crippen molar-refractivity contribution in [3.05, 3.63) is 23.8 Å². The van der Waals surface area contributed by atoms with Crippen LogP contribution in [0.4, 0.5) is 0 Å². The van der Waals surface area contributed by atoms with Gasteiger partial charge in [0.25, 0.3) is 0 Å². The minimum absolute atomic E-state index is 0.499. The lowest BCUT2D eigenvalue weighted by molar-refractivity contribution is -0.197. The quantitative estimate of drug-likeness (QED) is 0.756. The number of unbranched alkanes of at least 4 members (excludes halogenated alkanes) is 1. The number of benzene rings is 1. The van der Waals surface area contributed by atoms with Gasteiger partial charge in [-0.1, -0.05) is 19.4 Å². The van der Waals surface area contributed by atoms with Crippen molar-refractivity contribution < 1.29 is 18.3 Å². The maximum Gasteiger partial charge on any atom is 0.423 e. The largest absolute Gasteiger partial charge is 0.462 e. The molecule has 111 valence electrons. The van der Waals surface area contributed by atoms with Crippen LogP contribution in [-0.2, 0) is 20.2 Å². The van der Waals surface area contributed by atoms with Crippen molar-refractivity contribution in [1.82, 2.24) is 0 Å². The van der Waals surface area contributed by atoms with Gasteiger partial charge in [-0.05, 0) is 23.7 Å².